The molecule has 3 heterocycles. The molecule has 0 bridgehead atoms. The molecular formula is C15H22BFN2O2. The molecule has 0 saturated carbocycles. The van der Waals surface area contributed by atoms with Crippen LogP contribution in [-0.4, -0.2) is 36.4 Å². The molecule has 2 fully saturated rings. The van der Waals surface area contributed by atoms with Crippen LogP contribution in [0.4, 0.5) is 10.2 Å². The monoisotopic (exact) mass is 292 g/mol. The molecule has 1 aromatic rings. The summed E-state index contributed by atoms with van der Waals surface area (Å²) in [5.41, 5.74) is -0.153. The lowest BCUT2D eigenvalue weighted by molar-refractivity contribution is 0.00578. The minimum Gasteiger partial charge on any atom is -0.399 e. The van der Waals surface area contributed by atoms with Crippen molar-refractivity contribution in [2.45, 2.75) is 51.7 Å². The summed E-state index contributed by atoms with van der Waals surface area (Å²) in [5, 5.41) is 0. The van der Waals surface area contributed by atoms with Gasteiger partial charge in [0.2, 0.25) is 5.95 Å². The largest absolute Gasteiger partial charge is 0.495 e. The number of hydrogen-bond acceptors (Lipinski definition) is 4. The van der Waals surface area contributed by atoms with E-state index in [4.69, 9.17) is 9.31 Å². The summed E-state index contributed by atoms with van der Waals surface area (Å²) >= 11 is 0. The van der Waals surface area contributed by atoms with Gasteiger partial charge in [-0.05, 0) is 58.1 Å². The maximum Gasteiger partial charge on any atom is 0.495 e. The highest BCUT2D eigenvalue weighted by molar-refractivity contribution is 6.62. The Hall–Kier alpha value is -1.14. The maximum atomic E-state index is 13.9. The number of nitrogens with zero attached hydrogens (tertiary/aromatic N) is 2. The van der Waals surface area contributed by atoms with Gasteiger partial charge in [-0.2, -0.15) is 4.39 Å². The summed E-state index contributed by atoms with van der Waals surface area (Å²) in [6.45, 7) is 9.83. The third kappa shape index (κ3) is 2.67. The van der Waals surface area contributed by atoms with Gasteiger partial charge in [0.1, 0.15) is 5.82 Å². The highest BCUT2D eigenvalue weighted by Crippen LogP contribution is 2.36. The van der Waals surface area contributed by atoms with E-state index >= 15 is 0 Å². The van der Waals surface area contributed by atoms with E-state index in [2.05, 4.69) is 9.88 Å². The Labute approximate surface area is 125 Å². The van der Waals surface area contributed by atoms with Crippen molar-refractivity contribution >= 4 is 18.4 Å². The van der Waals surface area contributed by atoms with Crippen molar-refractivity contribution in [2.75, 3.05) is 18.0 Å². The molecule has 0 amide bonds. The average molecular weight is 292 g/mol. The van der Waals surface area contributed by atoms with E-state index in [0.717, 1.165) is 25.9 Å². The molecule has 4 nitrogen and oxygen atoms in total. The van der Waals surface area contributed by atoms with Gasteiger partial charge in [0.05, 0.1) is 11.2 Å². The first-order chi connectivity index (χ1) is 9.78. The molecule has 2 aliphatic rings. The van der Waals surface area contributed by atoms with E-state index in [0.29, 0.717) is 11.3 Å². The van der Waals surface area contributed by atoms with Crippen LogP contribution in [0, 0.1) is 5.95 Å². The predicted molar refractivity (Wildman–Crippen MR) is 81.4 cm³/mol. The lowest BCUT2D eigenvalue weighted by atomic mass is 9.79. The van der Waals surface area contributed by atoms with Crippen molar-refractivity contribution in [2.24, 2.45) is 0 Å². The van der Waals surface area contributed by atoms with Crippen LogP contribution in [0.25, 0.3) is 0 Å². The average Bonchev–Trinajstić information content (AvgIpc) is 2.96. The normalized spacial score (nSPS) is 23.9. The van der Waals surface area contributed by atoms with Crippen LogP contribution in [0.5, 0.6) is 0 Å². The second-order valence-electron chi connectivity index (χ2n) is 6.86. The lowest BCUT2D eigenvalue weighted by Crippen LogP contribution is -2.41. The molecule has 2 aliphatic heterocycles. The molecule has 0 atom stereocenters. The fourth-order valence-corrected chi connectivity index (χ4v) is 2.73. The summed E-state index contributed by atoms with van der Waals surface area (Å²) in [5.74, 6) is 0.196. The van der Waals surface area contributed by atoms with Gasteiger partial charge in [-0.3, -0.25) is 0 Å². The zero-order valence-electron chi connectivity index (χ0n) is 13.1. The topological polar surface area (TPSA) is 34.6 Å². The zero-order chi connectivity index (χ0) is 15.3. The third-order valence-electron chi connectivity index (χ3n) is 4.76. The van der Waals surface area contributed by atoms with Gasteiger partial charge >= 0.3 is 7.12 Å². The summed E-state index contributed by atoms with van der Waals surface area (Å²) in [4.78, 5) is 6.12. The van der Waals surface area contributed by atoms with Crippen LogP contribution in [0.15, 0.2) is 12.1 Å². The van der Waals surface area contributed by atoms with Crippen LogP contribution in [-0.2, 0) is 9.31 Å². The van der Waals surface area contributed by atoms with E-state index in [-0.39, 0.29) is 0 Å². The first kappa shape index (κ1) is 14.8. The van der Waals surface area contributed by atoms with Crippen molar-refractivity contribution in [3.8, 4) is 0 Å². The summed E-state index contributed by atoms with van der Waals surface area (Å²) in [6, 6.07) is 3.29. The highest BCUT2D eigenvalue weighted by atomic mass is 19.1. The Morgan fingerprint density at radius 2 is 1.67 bits per heavy atom. The molecule has 2 saturated heterocycles. The molecule has 21 heavy (non-hydrogen) atoms. The van der Waals surface area contributed by atoms with Gasteiger partial charge in [-0.15, -0.1) is 0 Å². The number of rotatable bonds is 2. The fourth-order valence-electron chi connectivity index (χ4n) is 2.73. The molecular weight excluding hydrogens is 270 g/mol. The predicted octanol–water partition coefficient (Wildman–Crippen LogP) is 2.12. The molecule has 0 aromatic carbocycles. The van der Waals surface area contributed by atoms with Gasteiger partial charge < -0.3 is 14.2 Å². The fraction of sp³-hybridized carbons (Fsp3) is 0.667. The number of aromatic nitrogens is 1. The molecule has 1 aromatic heterocycles. The van der Waals surface area contributed by atoms with Crippen molar-refractivity contribution < 1.29 is 13.7 Å². The Bertz CT molecular complexity index is 528. The highest BCUT2D eigenvalue weighted by Gasteiger charge is 2.51. The second kappa shape index (κ2) is 4.95. The Morgan fingerprint density at radius 3 is 2.24 bits per heavy atom. The number of hydrogen-bond donors (Lipinski definition) is 0. The number of pyridine rings is 1. The third-order valence-corrected chi connectivity index (χ3v) is 4.76. The standard InChI is InChI=1S/C15H22BFN2O2/c1-14(2)15(3,4)21-16(20-14)11-9-12(17)18-13(10-11)19-7-5-6-8-19/h9-10H,5-8H2,1-4H3. The Kier molecular flexibility index (Phi) is 3.49. The summed E-state index contributed by atoms with van der Waals surface area (Å²) < 4.78 is 25.8. The molecule has 0 spiro atoms. The lowest BCUT2D eigenvalue weighted by Gasteiger charge is -2.32. The van der Waals surface area contributed by atoms with Crippen LogP contribution in [0.3, 0.4) is 0 Å². The molecule has 3 rings (SSSR count). The summed E-state index contributed by atoms with van der Waals surface area (Å²) in [6.07, 6.45) is 2.26. The van der Waals surface area contributed by atoms with Gasteiger partial charge in [-0.25, -0.2) is 4.98 Å². The molecule has 6 heteroatoms. The SMILES string of the molecule is CC1(C)OB(c2cc(F)nc(N3CCCC3)c2)OC1(C)C. The zero-order valence-corrected chi connectivity index (χ0v) is 13.1. The minimum atomic E-state index is -0.547. The quantitative estimate of drug-likeness (QED) is 0.618. The van der Waals surface area contributed by atoms with E-state index in [1.54, 1.807) is 0 Å². The minimum absolute atomic E-state index is 0.425. The Balaban J connectivity index is 1.89. The van der Waals surface area contributed by atoms with E-state index in [1.807, 2.05) is 33.8 Å². The van der Waals surface area contributed by atoms with Gasteiger partial charge in [0.25, 0.3) is 0 Å². The van der Waals surface area contributed by atoms with Gasteiger partial charge in [-0.1, -0.05) is 0 Å². The van der Waals surface area contributed by atoms with Crippen molar-refractivity contribution in [3.63, 3.8) is 0 Å². The Morgan fingerprint density at radius 1 is 1.10 bits per heavy atom. The van der Waals surface area contributed by atoms with Gasteiger partial charge in [0, 0.05) is 13.1 Å². The number of halogens is 1. The van der Waals surface area contributed by atoms with Crippen LogP contribution >= 0.6 is 0 Å². The molecule has 0 unspecified atom stereocenters. The molecule has 0 radical (unpaired) electrons. The maximum absolute atomic E-state index is 13.9. The van der Waals surface area contributed by atoms with E-state index in [9.17, 15) is 4.39 Å². The van der Waals surface area contributed by atoms with E-state index < -0.39 is 24.3 Å². The van der Waals surface area contributed by atoms with Crippen molar-refractivity contribution in [1.82, 2.24) is 4.98 Å². The van der Waals surface area contributed by atoms with Gasteiger partial charge in [0.15, 0.2) is 0 Å². The van der Waals surface area contributed by atoms with Crippen LogP contribution in [0.1, 0.15) is 40.5 Å². The van der Waals surface area contributed by atoms with Crippen molar-refractivity contribution in [1.29, 1.82) is 0 Å². The first-order valence-corrected chi connectivity index (χ1v) is 7.57. The van der Waals surface area contributed by atoms with Crippen molar-refractivity contribution in [3.05, 3.63) is 18.1 Å². The second-order valence-corrected chi connectivity index (χ2v) is 6.86. The van der Waals surface area contributed by atoms with Crippen LogP contribution < -0.4 is 10.4 Å². The first-order valence-electron chi connectivity index (χ1n) is 7.57. The smallest absolute Gasteiger partial charge is 0.399 e. The molecule has 0 aliphatic carbocycles. The van der Waals surface area contributed by atoms with Crippen LogP contribution in [0.2, 0.25) is 0 Å². The molecule has 114 valence electrons. The molecule has 0 N–H and O–H groups in total. The van der Waals surface area contributed by atoms with E-state index in [1.165, 1.54) is 6.07 Å². The number of anilines is 1. The summed E-state index contributed by atoms with van der Waals surface area (Å²) in [7, 11) is -0.547.